The second-order valence-corrected chi connectivity index (χ2v) is 5.83. The van der Waals surface area contributed by atoms with Crippen molar-refractivity contribution in [3.8, 4) is 0 Å². The third kappa shape index (κ3) is 6.45. The Labute approximate surface area is 133 Å². The summed E-state index contributed by atoms with van der Waals surface area (Å²) in [5.74, 6) is 0.0561. The summed E-state index contributed by atoms with van der Waals surface area (Å²) in [5, 5.41) is 0. The Morgan fingerprint density at radius 2 is 2.00 bits per heavy atom. The zero-order chi connectivity index (χ0) is 15.0. The first-order valence-electron chi connectivity index (χ1n) is 6.32. The summed E-state index contributed by atoms with van der Waals surface area (Å²) in [5.41, 5.74) is 6.48. The predicted molar refractivity (Wildman–Crippen MR) is 87.7 cm³/mol. The number of halogens is 1. The molecule has 0 heterocycles. The first-order valence-corrected chi connectivity index (χ1v) is 7.52. The number of nitrogens with zero attached hydrogens (tertiary/aromatic N) is 1. The van der Waals surface area contributed by atoms with E-state index in [-0.39, 0.29) is 5.91 Å². The summed E-state index contributed by atoms with van der Waals surface area (Å²) in [7, 11) is 1.62. The molecule has 4 nitrogen and oxygen atoms in total. The van der Waals surface area contributed by atoms with Gasteiger partial charge in [-0.25, -0.2) is 0 Å². The van der Waals surface area contributed by atoms with Crippen molar-refractivity contribution >= 4 is 39.0 Å². The Kier molecular flexibility index (Phi) is 7.72. The topological polar surface area (TPSA) is 55.6 Å². The lowest BCUT2D eigenvalue weighted by molar-refractivity contribution is -0.131. The average Bonchev–Trinajstić information content (AvgIpc) is 2.41. The van der Waals surface area contributed by atoms with Crippen molar-refractivity contribution in [3.63, 3.8) is 0 Å². The Bertz CT molecular complexity index is 451. The molecule has 0 radical (unpaired) electrons. The minimum absolute atomic E-state index is 0.0561. The van der Waals surface area contributed by atoms with E-state index in [1.165, 1.54) is 0 Å². The summed E-state index contributed by atoms with van der Waals surface area (Å²) in [4.78, 5) is 14.5. The van der Waals surface area contributed by atoms with Gasteiger partial charge in [0.2, 0.25) is 5.91 Å². The van der Waals surface area contributed by atoms with E-state index < -0.39 is 0 Å². The second-order valence-electron chi connectivity index (χ2n) is 4.39. The molecule has 1 aromatic rings. The molecule has 1 amide bonds. The van der Waals surface area contributed by atoms with Crippen LogP contribution in [0.15, 0.2) is 28.7 Å². The number of carbonyl (C=O) groups is 1. The Morgan fingerprint density at radius 1 is 1.35 bits per heavy atom. The van der Waals surface area contributed by atoms with Crippen molar-refractivity contribution in [2.75, 3.05) is 26.8 Å². The van der Waals surface area contributed by atoms with Gasteiger partial charge in [-0.2, -0.15) is 0 Å². The Morgan fingerprint density at radius 3 is 2.55 bits per heavy atom. The fraction of sp³-hybridized carbons (Fsp3) is 0.429. The van der Waals surface area contributed by atoms with E-state index in [2.05, 4.69) is 15.9 Å². The van der Waals surface area contributed by atoms with Crippen LogP contribution in [0.3, 0.4) is 0 Å². The largest absolute Gasteiger partial charge is 0.393 e. The van der Waals surface area contributed by atoms with Crippen LogP contribution in [0.1, 0.15) is 12.0 Å². The zero-order valence-corrected chi connectivity index (χ0v) is 13.9. The lowest BCUT2D eigenvalue weighted by Gasteiger charge is -2.22. The third-order valence-corrected chi connectivity index (χ3v) is 3.55. The number of methoxy groups -OCH3 is 1. The molecule has 0 aliphatic rings. The minimum Gasteiger partial charge on any atom is -0.393 e. The number of rotatable bonds is 8. The normalized spacial score (nSPS) is 10.3. The standard InChI is InChI=1S/C14H19BrN2O2S/c1-19-9-8-17(7-6-13(16)20)14(18)10-11-2-4-12(15)5-3-11/h2-5H,6-10H2,1H3,(H2,16,20). The molecule has 0 aliphatic heterocycles. The maximum Gasteiger partial charge on any atom is 0.227 e. The number of benzene rings is 1. The molecule has 0 saturated heterocycles. The lowest BCUT2D eigenvalue weighted by atomic mass is 10.1. The number of nitrogens with two attached hydrogens (primary N) is 1. The molecule has 2 N–H and O–H groups in total. The molecule has 0 unspecified atom stereocenters. The number of amides is 1. The molecular formula is C14H19BrN2O2S. The highest BCUT2D eigenvalue weighted by Crippen LogP contribution is 2.11. The van der Waals surface area contributed by atoms with Gasteiger partial charge in [-0.05, 0) is 17.7 Å². The molecule has 1 aromatic carbocycles. The third-order valence-electron chi connectivity index (χ3n) is 2.81. The summed E-state index contributed by atoms with van der Waals surface area (Å²) in [6, 6.07) is 7.72. The molecular weight excluding hydrogens is 340 g/mol. The maximum atomic E-state index is 12.3. The van der Waals surface area contributed by atoms with Gasteiger partial charge in [0.15, 0.2) is 0 Å². The highest BCUT2D eigenvalue weighted by Gasteiger charge is 2.14. The van der Waals surface area contributed by atoms with Gasteiger partial charge in [0.05, 0.1) is 18.0 Å². The van der Waals surface area contributed by atoms with E-state index >= 15 is 0 Å². The fourth-order valence-electron chi connectivity index (χ4n) is 1.70. The number of hydrogen-bond acceptors (Lipinski definition) is 3. The van der Waals surface area contributed by atoms with Gasteiger partial charge in [-0.1, -0.05) is 40.3 Å². The summed E-state index contributed by atoms with van der Waals surface area (Å²) in [6.45, 7) is 1.59. The SMILES string of the molecule is COCCN(CCC(N)=S)C(=O)Cc1ccc(Br)cc1. The maximum absolute atomic E-state index is 12.3. The van der Waals surface area contributed by atoms with E-state index in [4.69, 9.17) is 22.7 Å². The number of thiocarbonyl (C=S) groups is 1. The van der Waals surface area contributed by atoms with Gasteiger partial charge in [-0.3, -0.25) is 4.79 Å². The highest BCUT2D eigenvalue weighted by atomic mass is 79.9. The number of ether oxygens (including phenoxy) is 1. The van der Waals surface area contributed by atoms with Crippen LogP contribution in [0, 0.1) is 0 Å². The molecule has 0 atom stereocenters. The molecule has 0 aromatic heterocycles. The van der Waals surface area contributed by atoms with Gasteiger partial charge in [-0.15, -0.1) is 0 Å². The van der Waals surface area contributed by atoms with Crippen LogP contribution in [-0.2, 0) is 16.0 Å². The Hall–Kier alpha value is -0.980. The van der Waals surface area contributed by atoms with Gasteiger partial charge >= 0.3 is 0 Å². The molecule has 0 fully saturated rings. The predicted octanol–water partition coefficient (Wildman–Crippen LogP) is 2.14. The average molecular weight is 359 g/mol. The van der Waals surface area contributed by atoms with Crippen molar-refractivity contribution in [1.29, 1.82) is 0 Å². The summed E-state index contributed by atoms with van der Waals surface area (Å²) < 4.78 is 6.03. The molecule has 0 aliphatic carbocycles. The van der Waals surface area contributed by atoms with Crippen LogP contribution >= 0.6 is 28.1 Å². The fourth-order valence-corrected chi connectivity index (χ4v) is 2.05. The highest BCUT2D eigenvalue weighted by molar-refractivity contribution is 9.10. The van der Waals surface area contributed by atoms with E-state index in [1.54, 1.807) is 12.0 Å². The van der Waals surface area contributed by atoms with Gasteiger partial charge in [0.1, 0.15) is 0 Å². The monoisotopic (exact) mass is 358 g/mol. The van der Waals surface area contributed by atoms with Crippen LogP contribution in [0.2, 0.25) is 0 Å². The van der Waals surface area contributed by atoms with Crippen LogP contribution in [0.25, 0.3) is 0 Å². The van der Waals surface area contributed by atoms with Gasteiger partial charge in [0.25, 0.3) is 0 Å². The van der Waals surface area contributed by atoms with Crippen LogP contribution in [-0.4, -0.2) is 42.6 Å². The van der Waals surface area contributed by atoms with E-state index in [0.29, 0.717) is 37.5 Å². The molecule has 0 saturated carbocycles. The minimum atomic E-state index is 0.0561. The summed E-state index contributed by atoms with van der Waals surface area (Å²) >= 11 is 8.24. The molecule has 20 heavy (non-hydrogen) atoms. The smallest absolute Gasteiger partial charge is 0.227 e. The molecule has 0 bridgehead atoms. The Balaban J connectivity index is 2.61. The van der Waals surface area contributed by atoms with E-state index in [0.717, 1.165) is 10.0 Å². The molecule has 6 heteroatoms. The molecule has 0 spiro atoms. The van der Waals surface area contributed by atoms with Crippen LogP contribution in [0.5, 0.6) is 0 Å². The first kappa shape index (κ1) is 17.1. The first-order chi connectivity index (χ1) is 9.52. The molecule has 110 valence electrons. The van der Waals surface area contributed by atoms with E-state index in [9.17, 15) is 4.79 Å². The van der Waals surface area contributed by atoms with Crippen molar-refractivity contribution in [2.24, 2.45) is 5.73 Å². The quantitative estimate of drug-likeness (QED) is 0.723. The van der Waals surface area contributed by atoms with Gasteiger partial charge in [0, 0.05) is 31.1 Å². The number of hydrogen-bond donors (Lipinski definition) is 1. The zero-order valence-electron chi connectivity index (χ0n) is 11.5. The summed E-state index contributed by atoms with van der Waals surface area (Å²) in [6.07, 6.45) is 0.902. The van der Waals surface area contributed by atoms with Crippen molar-refractivity contribution in [1.82, 2.24) is 4.90 Å². The van der Waals surface area contributed by atoms with Gasteiger partial charge < -0.3 is 15.4 Å². The second kappa shape index (κ2) is 9.05. The lowest BCUT2D eigenvalue weighted by Crippen LogP contribution is -2.37. The van der Waals surface area contributed by atoms with Crippen molar-refractivity contribution < 1.29 is 9.53 Å². The van der Waals surface area contributed by atoms with E-state index in [1.807, 2.05) is 24.3 Å². The van der Waals surface area contributed by atoms with Crippen LogP contribution in [0.4, 0.5) is 0 Å². The number of carbonyl (C=O) groups excluding carboxylic acids is 1. The van der Waals surface area contributed by atoms with Crippen molar-refractivity contribution in [3.05, 3.63) is 34.3 Å². The van der Waals surface area contributed by atoms with Crippen LogP contribution < -0.4 is 5.73 Å². The van der Waals surface area contributed by atoms with Crippen molar-refractivity contribution in [2.45, 2.75) is 12.8 Å². The molecule has 1 rings (SSSR count).